The van der Waals surface area contributed by atoms with Gasteiger partial charge in [0.15, 0.2) is 11.1 Å². The average molecular weight is 716 g/mol. The topological polar surface area (TPSA) is 218 Å². The van der Waals surface area contributed by atoms with Crippen LogP contribution in [0.15, 0.2) is 141 Å². The van der Waals surface area contributed by atoms with E-state index in [2.05, 4.69) is 80.1 Å². The van der Waals surface area contributed by atoms with Gasteiger partial charge in [0.1, 0.15) is 36.5 Å². The Balaban J connectivity index is 0.0000001000. The van der Waals surface area contributed by atoms with Crippen molar-refractivity contribution in [2.24, 2.45) is 4.99 Å². The highest BCUT2D eigenvalue weighted by atomic mass is 15.0. The number of imidazole rings is 2. The van der Waals surface area contributed by atoms with Crippen molar-refractivity contribution in [1.29, 1.82) is 0 Å². The number of H-pyrrole nitrogens is 3. The summed E-state index contributed by atoms with van der Waals surface area (Å²) in [5.41, 5.74) is 9.90. The molecule has 0 fully saturated rings. The summed E-state index contributed by atoms with van der Waals surface area (Å²) in [5, 5.41) is 4.31. The van der Waals surface area contributed by atoms with Crippen LogP contribution in [0.2, 0.25) is 0 Å². The first-order chi connectivity index (χ1) is 26.8. The molecule has 10 aromatic rings. The summed E-state index contributed by atoms with van der Waals surface area (Å²) in [7, 11) is 0. The minimum Gasteiger partial charge on any atom is -0.384 e. The standard InChI is InChI=1S/C7H8N2.C7H6N2.3C6H5N3.C5H4N4/c1-4-9-7-2-3-8-5-6(1)7;1-2-5-9-6-4-8-7(9)3-1;2*1-2-8-6-3-7-4-9-5(1)6;1-2-8-6-5(1)3-7-4-9-6;1-4-5(8-2-6-1)9-3-7-4/h2-3,5,9H,1,4H2;1-6H;2*1-4,8H;1,3-4H,2H2;1-3H,(H,6,7,8,9). The molecule has 266 valence electrons. The van der Waals surface area contributed by atoms with Crippen LogP contribution < -0.4 is 16.0 Å². The molecular weight excluding hydrogens is 683 g/mol. The van der Waals surface area contributed by atoms with E-state index in [1.807, 2.05) is 84.1 Å². The highest BCUT2D eigenvalue weighted by molar-refractivity contribution is 5.73. The molecule has 0 saturated carbocycles. The van der Waals surface area contributed by atoms with Crippen LogP contribution in [0.3, 0.4) is 0 Å². The van der Waals surface area contributed by atoms with Gasteiger partial charge in [0.2, 0.25) is 0 Å². The molecule has 0 spiro atoms. The molecule has 0 aromatic carbocycles. The van der Waals surface area contributed by atoms with Gasteiger partial charge in [-0.2, -0.15) is 0 Å². The monoisotopic (exact) mass is 715 g/mol. The van der Waals surface area contributed by atoms with Gasteiger partial charge in [-0.05, 0) is 42.3 Å². The van der Waals surface area contributed by atoms with Gasteiger partial charge in [-0.1, -0.05) is 12.1 Å². The second kappa shape index (κ2) is 17.9. The van der Waals surface area contributed by atoms with Crippen LogP contribution in [0, 0.1) is 0 Å². The fraction of sp³-hybridized carbons (Fsp3) is 0.0811. The molecular formula is C37H33N17. The maximum Gasteiger partial charge on any atom is 0.180 e. The molecule has 0 radical (unpaired) electrons. The summed E-state index contributed by atoms with van der Waals surface area (Å²) in [6.45, 7) is 1.83. The zero-order chi connectivity index (χ0) is 36.6. The van der Waals surface area contributed by atoms with Gasteiger partial charge >= 0.3 is 0 Å². The van der Waals surface area contributed by atoms with Crippen molar-refractivity contribution < 1.29 is 0 Å². The van der Waals surface area contributed by atoms with Crippen molar-refractivity contribution in [3.63, 3.8) is 0 Å². The number of rotatable bonds is 0. The number of fused-ring (bicyclic) bond motifs is 6. The molecule has 0 saturated heterocycles. The number of hydrogen-bond acceptors (Lipinski definition) is 13. The second-order valence-electron chi connectivity index (χ2n) is 11.2. The normalized spacial score (nSPS) is 11.6. The van der Waals surface area contributed by atoms with E-state index in [-0.39, 0.29) is 0 Å². The summed E-state index contributed by atoms with van der Waals surface area (Å²) < 4.78 is 1.97. The summed E-state index contributed by atoms with van der Waals surface area (Å²) >= 11 is 0. The smallest absolute Gasteiger partial charge is 0.180 e. The third kappa shape index (κ3) is 9.29. The van der Waals surface area contributed by atoms with E-state index in [1.165, 1.54) is 36.6 Å². The Hall–Kier alpha value is -7.82. The molecule has 0 amide bonds. The van der Waals surface area contributed by atoms with Crippen molar-refractivity contribution in [2.75, 3.05) is 18.4 Å². The lowest BCUT2D eigenvalue weighted by Crippen LogP contribution is -2.24. The first-order valence-corrected chi connectivity index (χ1v) is 16.7. The van der Waals surface area contributed by atoms with Gasteiger partial charge in [-0.25, -0.2) is 49.8 Å². The molecule has 0 atom stereocenters. The number of pyridine rings is 2. The van der Waals surface area contributed by atoms with Crippen LogP contribution in [0.1, 0.15) is 5.56 Å². The lowest BCUT2D eigenvalue weighted by molar-refractivity contribution is 1.04. The lowest BCUT2D eigenvalue weighted by Gasteiger charge is -1.93. The van der Waals surface area contributed by atoms with Crippen molar-refractivity contribution in [2.45, 2.75) is 6.42 Å². The van der Waals surface area contributed by atoms with Gasteiger partial charge < -0.3 is 24.7 Å². The number of nitrogens with zero attached hydrogens (tertiary/aromatic N) is 13. The van der Waals surface area contributed by atoms with Crippen molar-refractivity contribution >= 4 is 50.6 Å². The fourth-order valence-electron chi connectivity index (χ4n) is 5.11. The number of hydrogen-bond donors (Lipinski definition) is 4. The minimum atomic E-state index is 0.713. The second-order valence-corrected chi connectivity index (χ2v) is 11.2. The molecule has 0 aliphatic carbocycles. The van der Waals surface area contributed by atoms with Gasteiger partial charge in [-0.15, -0.1) is 0 Å². The van der Waals surface area contributed by atoms with Crippen molar-refractivity contribution in [3.8, 4) is 0 Å². The van der Waals surface area contributed by atoms with Crippen LogP contribution >= 0.6 is 0 Å². The third-order valence-electron chi connectivity index (χ3n) is 7.73. The number of anilines is 1. The third-order valence-corrected chi connectivity index (χ3v) is 7.73. The molecule has 0 bridgehead atoms. The molecule has 12 rings (SSSR count). The zero-order valence-corrected chi connectivity index (χ0v) is 28.7. The van der Waals surface area contributed by atoms with Gasteiger partial charge in [0.05, 0.1) is 53.5 Å². The predicted molar refractivity (Wildman–Crippen MR) is 203 cm³/mol. The van der Waals surface area contributed by atoms with Crippen molar-refractivity contribution in [1.82, 2.24) is 74.2 Å². The first kappa shape index (κ1) is 34.6. The quantitative estimate of drug-likeness (QED) is 0.177. The highest BCUT2D eigenvalue weighted by Gasteiger charge is 2.07. The molecule has 10 aromatic heterocycles. The Bertz CT molecular complexity index is 2340. The van der Waals surface area contributed by atoms with Crippen LogP contribution in [0.5, 0.6) is 0 Å². The number of nitrogens with one attached hydrogen (secondary N) is 4. The summed E-state index contributed by atoms with van der Waals surface area (Å²) in [5.74, 6) is 0. The minimum absolute atomic E-state index is 0.713. The zero-order valence-electron chi connectivity index (χ0n) is 28.7. The molecule has 12 heterocycles. The van der Waals surface area contributed by atoms with Crippen molar-refractivity contribution in [3.05, 3.63) is 152 Å². The molecule has 54 heavy (non-hydrogen) atoms. The Morgan fingerprint density at radius 3 is 2.06 bits per heavy atom. The van der Waals surface area contributed by atoms with E-state index in [9.17, 15) is 0 Å². The van der Waals surface area contributed by atoms with E-state index in [1.54, 1.807) is 37.3 Å². The van der Waals surface area contributed by atoms with Crippen LogP contribution in [0.4, 0.5) is 5.69 Å². The largest absolute Gasteiger partial charge is 0.384 e. The molecule has 2 aliphatic rings. The number of aromatic amines is 3. The van der Waals surface area contributed by atoms with E-state index >= 15 is 0 Å². The lowest BCUT2D eigenvalue weighted by atomic mass is 10.2. The van der Waals surface area contributed by atoms with E-state index in [0.717, 1.165) is 63.4 Å². The van der Waals surface area contributed by atoms with Gasteiger partial charge in [-0.3, -0.25) is 9.98 Å². The molecule has 17 nitrogen and oxygen atoms in total. The highest BCUT2D eigenvalue weighted by Crippen LogP contribution is 2.18. The van der Waals surface area contributed by atoms with E-state index in [0.29, 0.717) is 5.65 Å². The van der Waals surface area contributed by atoms with E-state index < -0.39 is 0 Å². The van der Waals surface area contributed by atoms with Crippen LogP contribution in [-0.2, 0) is 6.42 Å². The Labute approximate surface area is 306 Å². The average Bonchev–Trinajstić information content (AvgIpc) is 4.09. The molecule has 4 N–H and O–H groups in total. The fourth-order valence-corrected chi connectivity index (χ4v) is 5.11. The molecule has 2 aliphatic heterocycles. The van der Waals surface area contributed by atoms with Crippen LogP contribution in [-0.4, -0.2) is 87.3 Å². The predicted octanol–water partition coefficient (Wildman–Crippen LogP) is 3.54. The Morgan fingerprint density at radius 2 is 1.33 bits per heavy atom. The molecule has 0 unspecified atom stereocenters. The van der Waals surface area contributed by atoms with E-state index in [4.69, 9.17) is 0 Å². The maximum absolute atomic E-state index is 4.09. The Kier molecular flexibility index (Phi) is 11.5. The maximum atomic E-state index is 4.09. The van der Waals surface area contributed by atoms with Gasteiger partial charge in [0, 0.05) is 67.0 Å². The first-order valence-electron chi connectivity index (χ1n) is 16.7. The number of aromatic nitrogens is 15. The van der Waals surface area contributed by atoms with Crippen LogP contribution in [0.25, 0.3) is 45.0 Å². The summed E-state index contributed by atoms with van der Waals surface area (Å²) in [6.07, 6.45) is 30.9. The summed E-state index contributed by atoms with van der Waals surface area (Å²) in [4.78, 5) is 56.2. The van der Waals surface area contributed by atoms with Gasteiger partial charge in [0.25, 0.3) is 0 Å². The summed E-state index contributed by atoms with van der Waals surface area (Å²) in [6, 6.07) is 11.8. The Morgan fingerprint density at radius 1 is 0.593 bits per heavy atom. The molecule has 17 heteroatoms. The SMILES string of the molecule is C1=c2cncnc2=NC1.c1cc2c(cn1)CCN2.c1ccn2ccnc2c1.c1ncc2[nH]ccc2n1.c1ncc2[nH]ccc2n1.c1ncc2[nH]cnc2n1.